The van der Waals surface area contributed by atoms with Gasteiger partial charge in [-0.3, -0.25) is 4.79 Å². The fourth-order valence-corrected chi connectivity index (χ4v) is 1.87. The number of rotatable bonds is 2. The van der Waals surface area contributed by atoms with E-state index >= 15 is 0 Å². The Morgan fingerprint density at radius 2 is 2.17 bits per heavy atom. The minimum absolute atomic E-state index is 0.292. The molecule has 1 rings (SSSR count). The second kappa shape index (κ2) is 3.17. The number of ketones is 1. The molecular weight excluding hydrogens is 196 g/mol. The molecule has 1 aromatic rings. The van der Waals surface area contributed by atoms with Gasteiger partial charge in [-0.1, -0.05) is 11.6 Å². The zero-order valence-corrected chi connectivity index (χ0v) is 8.37. The summed E-state index contributed by atoms with van der Waals surface area (Å²) < 4.78 is 0.558. The number of hydrogen-bond acceptors (Lipinski definition) is 3. The van der Waals surface area contributed by atoms with Crippen molar-refractivity contribution in [3.8, 4) is 0 Å². The van der Waals surface area contributed by atoms with Crippen molar-refractivity contribution in [1.82, 2.24) is 0 Å². The van der Waals surface area contributed by atoms with Gasteiger partial charge in [-0.15, -0.1) is 11.3 Å². The third-order valence-electron chi connectivity index (χ3n) is 1.35. The maximum absolute atomic E-state index is 11.4. The maximum Gasteiger partial charge on any atom is 0.203 e. The zero-order valence-electron chi connectivity index (χ0n) is 6.80. The Bertz CT molecular complexity index is 298. The molecule has 2 nitrogen and oxygen atoms in total. The average Bonchev–Trinajstić information content (AvgIpc) is 2.32. The fourth-order valence-electron chi connectivity index (χ4n) is 0.738. The predicted octanol–water partition coefficient (Wildman–Crippen LogP) is 2.36. The summed E-state index contributed by atoms with van der Waals surface area (Å²) in [6.07, 6.45) is 0. The van der Waals surface area contributed by atoms with Crippen LogP contribution in [-0.2, 0) is 0 Å². The second-order valence-corrected chi connectivity index (χ2v) is 4.71. The van der Waals surface area contributed by atoms with Crippen LogP contribution in [-0.4, -0.2) is 16.5 Å². The Labute approximate surface area is 79.8 Å². The molecule has 1 heterocycles. The SMILES string of the molecule is CC(C)(O)C(=O)c1ccc(Cl)s1. The van der Waals surface area contributed by atoms with E-state index in [-0.39, 0.29) is 5.78 Å². The molecule has 1 N–H and O–H groups in total. The Morgan fingerprint density at radius 3 is 2.50 bits per heavy atom. The van der Waals surface area contributed by atoms with Crippen molar-refractivity contribution < 1.29 is 9.90 Å². The van der Waals surface area contributed by atoms with Crippen molar-refractivity contribution in [3.05, 3.63) is 21.3 Å². The van der Waals surface area contributed by atoms with E-state index in [0.717, 1.165) is 0 Å². The van der Waals surface area contributed by atoms with Crippen molar-refractivity contribution in [2.45, 2.75) is 19.4 Å². The summed E-state index contributed by atoms with van der Waals surface area (Å²) in [5.41, 5.74) is -1.31. The van der Waals surface area contributed by atoms with Crippen molar-refractivity contribution in [2.75, 3.05) is 0 Å². The minimum Gasteiger partial charge on any atom is -0.382 e. The minimum atomic E-state index is -1.31. The summed E-state index contributed by atoms with van der Waals surface area (Å²) in [7, 11) is 0. The summed E-state index contributed by atoms with van der Waals surface area (Å²) in [6, 6.07) is 3.26. The van der Waals surface area contributed by atoms with E-state index in [9.17, 15) is 9.90 Å². The lowest BCUT2D eigenvalue weighted by Crippen LogP contribution is -2.30. The smallest absolute Gasteiger partial charge is 0.203 e. The molecule has 0 unspecified atom stereocenters. The van der Waals surface area contributed by atoms with E-state index in [2.05, 4.69) is 0 Å². The molecule has 0 amide bonds. The number of halogens is 1. The van der Waals surface area contributed by atoms with Gasteiger partial charge >= 0.3 is 0 Å². The van der Waals surface area contributed by atoms with E-state index in [1.807, 2.05) is 0 Å². The van der Waals surface area contributed by atoms with Crippen LogP contribution in [0, 0.1) is 0 Å². The van der Waals surface area contributed by atoms with Crippen LogP contribution >= 0.6 is 22.9 Å². The number of hydrogen-bond donors (Lipinski definition) is 1. The molecule has 4 heteroatoms. The molecular formula is C8H9ClO2S. The molecule has 0 saturated heterocycles. The standard InChI is InChI=1S/C8H9ClO2S/c1-8(2,11)7(10)5-3-4-6(9)12-5/h3-4,11H,1-2H3. The Morgan fingerprint density at radius 1 is 1.58 bits per heavy atom. The highest BCUT2D eigenvalue weighted by Gasteiger charge is 2.26. The van der Waals surface area contributed by atoms with Crippen LogP contribution in [0.2, 0.25) is 4.34 Å². The molecule has 0 fully saturated rings. The number of carbonyl (C=O) groups excluding carboxylic acids is 1. The van der Waals surface area contributed by atoms with Gasteiger partial charge in [-0.2, -0.15) is 0 Å². The van der Waals surface area contributed by atoms with Crippen molar-refractivity contribution in [3.63, 3.8) is 0 Å². The topological polar surface area (TPSA) is 37.3 Å². The first kappa shape index (κ1) is 9.71. The summed E-state index contributed by atoms with van der Waals surface area (Å²) in [5.74, 6) is -0.292. The lowest BCUT2D eigenvalue weighted by Gasteiger charge is -2.13. The Hall–Kier alpha value is -0.380. The van der Waals surface area contributed by atoms with E-state index in [0.29, 0.717) is 9.21 Å². The van der Waals surface area contributed by atoms with E-state index < -0.39 is 5.60 Å². The monoisotopic (exact) mass is 204 g/mol. The first-order valence-corrected chi connectivity index (χ1v) is 4.63. The maximum atomic E-state index is 11.4. The van der Waals surface area contributed by atoms with Gasteiger partial charge in [0.25, 0.3) is 0 Å². The lowest BCUT2D eigenvalue weighted by atomic mass is 10.0. The van der Waals surface area contributed by atoms with E-state index in [4.69, 9.17) is 11.6 Å². The highest BCUT2D eigenvalue weighted by Crippen LogP contribution is 2.24. The van der Waals surface area contributed by atoms with Crippen LogP contribution in [0.3, 0.4) is 0 Å². The molecule has 1 aromatic heterocycles. The number of aliphatic hydroxyl groups is 1. The van der Waals surface area contributed by atoms with E-state index in [1.54, 1.807) is 12.1 Å². The average molecular weight is 205 g/mol. The summed E-state index contributed by atoms with van der Waals surface area (Å²) >= 11 is 6.82. The second-order valence-electron chi connectivity index (χ2n) is 2.99. The lowest BCUT2D eigenvalue weighted by molar-refractivity contribution is 0.0492. The van der Waals surface area contributed by atoms with Gasteiger partial charge in [0.15, 0.2) is 0 Å². The molecule has 12 heavy (non-hydrogen) atoms. The van der Waals surface area contributed by atoms with Crippen LogP contribution in [0.4, 0.5) is 0 Å². The Kier molecular flexibility index (Phi) is 2.56. The van der Waals surface area contributed by atoms with Crippen molar-refractivity contribution in [2.24, 2.45) is 0 Å². The first-order valence-electron chi connectivity index (χ1n) is 3.44. The van der Waals surface area contributed by atoms with Crippen LogP contribution < -0.4 is 0 Å². The first-order chi connectivity index (χ1) is 5.41. The molecule has 0 atom stereocenters. The molecule has 0 aliphatic rings. The molecule has 0 aliphatic heterocycles. The van der Waals surface area contributed by atoms with Crippen molar-refractivity contribution in [1.29, 1.82) is 0 Å². The van der Waals surface area contributed by atoms with E-state index in [1.165, 1.54) is 25.2 Å². The van der Waals surface area contributed by atoms with Gasteiger partial charge in [0.1, 0.15) is 5.60 Å². The normalized spacial score (nSPS) is 11.7. The molecule has 66 valence electrons. The zero-order chi connectivity index (χ0) is 9.35. The quantitative estimate of drug-likeness (QED) is 0.751. The largest absolute Gasteiger partial charge is 0.382 e. The Balaban J connectivity index is 2.93. The highest BCUT2D eigenvalue weighted by molar-refractivity contribution is 7.18. The summed E-state index contributed by atoms with van der Waals surface area (Å²) in [5, 5.41) is 9.36. The third-order valence-corrected chi connectivity index (χ3v) is 2.58. The summed E-state index contributed by atoms with van der Waals surface area (Å²) in [6.45, 7) is 2.92. The predicted molar refractivity (Wildman–Crippen MR) is 50.0 cm³/mol. The van der Waals surface area contributed by atoms with Crippen LogP contribution in [0.25, 0.3) is 0 Å². The van der Waals surface area contributed by atoms with Gasteiger partial charge < -0.3 is 5.11 Å². The third kappa shape index (κ3) is 2.06. The molecule has 0 spiro atoms. The molecule has 0 bridgehead atoms. The fraction of sp³-hybridized carbons (Fsp3) is 0.375. The molecule has 0 saturated carbocycles. The van der Waals surface area contributed by atoms with Crippen LogP contribution in [0.5, 0.6) is 0 Å². The van der Waals surface area contributed by atoms with Gasteiger partial charge in [-0.25, -0.2) is 0 Å². The molecule has 0 radical (unpaired) electrons. The van der Waals surface area contributed by atoms with Gasteiger partial charge in [-0.05, 0) is 26.0 Å². The van der Waals surface area contributed by atoms with Gasteiger partial charge in [0, 0.05) is 0 Å². The van der Waals surface area contributed by atoms with Crippen LogP contribution in [0.1, 0.15) is 23.5 Å². The number of thiophene rings is 1. The number of Topliss-reactive ketones (excluding diaryl/α,β-unsaturated/α-hetero) is 1. The van der Waals surface area contributed by atoms with Gasteiger partial charge in [0.05, 0.1) is 9.21 Å². The highest BCUT2D eigenvalue weighted by atomic mass is 35.5. The van der Waals surface area contributed by atoms with Gasteiger partial charge in [0.2, 0.25) is 5.78 Å². The molecule has 0 aliphatic carbocycles. The molecule has 0 aromatic carbocycles. The summed E-state index contributed by atoms with van der Waals surface area (Å²) in [4.78, 5) is 11.9. The van der Waals surface area contributed by atoms with Crippen molar-refractivity contribution >= 4 is 28.7 Å². The van der Waals surface area contributed by atoms with Crippen LogP contribution in [0.15, 0.2) is 12.1 Å². The number of carbonyl (C=O) groups is 1.